The van der Waals surface area contributed by atoms with Crippen LogP contribution in [0.5, 0.6) is 0 Å². The van der Waals surface area contributed by atoms with Crippen molar-refractivity contribution in [1.82, 2.24) is 0 Å². The Balaban J connectivity index is 4.59. The normalized spacial score (nSPS) is 13.2. The van der Waals surface area contributed by atoms with Gasteiger partial charge in [0, 0.05) is 19.3 Å². The average molecular weight is 585 g/mol. The van der Waals surface area contributed by atoms with E-state index in [1.807, 2.05) is 13.8 Å². The molecular weight excluding hydrogens is 524 g/mol. The average Bonchev–Trinajstić information content (AvgIpc) is 2.93. The van der Waals surface area contributed by atoms with Crippen LogP contribution in [0.1, 0.15) is 144 Å². The number of hydrogen-bond acceptors (Lipinski definition) is 8. The summed E-state index contributed by atoms with van der Waals surface area (Å²) in [6.45, 7) is 10.8. The van der Waals surface area contributed by atoms with E-state index in [1.165, 1.54) is 45.4 Å². The van der Waals surface area contributed by atoms with Crippen LogP contribution in [0.2, 0.25) is 0 Å². The highest BCUT2D eigenvalue weighted by Gasteiger charge is 2.22. The van der Waals surface area contributed by atoms with Crippen molar-refractivity contribution in [2.75, 3.05) is 26.4 Å². The van der Waals surface area contributed by atoms with Crippen LogP contribution in [0.15, 0.2) is 0 Å². The van der Waals surface area contributed by atoms with E-state index in [0.717, 1.165) is 51.4 Å². The molecule has 0 aromatic rings. The molecule has 0 N–H and O–H groups in total. The lowest BCUT2D eigenvalue weighted by Gasteiger charge is -2.18. The van der Waals surface area contributed by atoms with Crippen LogP contribution in [0.25, 0.3) is 0 Å². The van der Waals surface area contributed by atoms with Crippen LogP contribution in [0.3, 0.4) is 0 Å². The number of unbranched alkanes of at least 4 members (excludes halogenated alkanes) is 10. The Labute approximate surface area is 250 Å². The van der Waals surface area contributed by atoms with E-state index in [-0.39, 0.29) is 55.8 Å². The van der Waals surface area contributed by atoms with Crippen molar-refractivity contribution in [2.24, 2.45) is 17.8 Å². The first-order valence-corrected chi connectivity index (χ1v) is 16.3. The highest BCUT2D eigenvalue weighted by atomic mass is 16.5. The Hall–Kier alpha value is -2.12. The Bertz CT molecular complexity index is 693. The van der Waals surface area contributed by atoms with Gasteiger partial charge in [0.2, 0.25) is 0 Å². The zero-order valence-corrected chi connectivity index (χ0v) is 26.8. The fourth-order valence-electron chi connectivity index (χ4n) is 4.41. The summed E-state index contributed by atoms with van der Waals surface area (Å²) in [6, 6.07) is 0. The molecule has 0 rings (SSSR count). The van der Waals surface area contributed by atoms with Crippen LogP contribution < -0.4 is 0 Å². The van der Waals surface area contributed by atoms with Gasteiger partial charge in [-0.2, -0.15) is 0 Å². The Kier molecular flexibility index (Phi) is 25.4. The van der Waals surface area contributed by atoms with Crippen molar-refractivity contribution < 1.29 is 38.1 Å². The summed E-state index contributed by atoms with van der Waals surface area (Å²) in [5, 5.41) is 0. The minimum Gasteiger partial charge on any atom is -0.466 e. The zero-order valence-electron chi connectivity index (χ0n) is 26.8. The van der Waals surface area contributed by atoms with Gasteiger partial charge in [0.25, 0.3) is 0 Å². The second-order valence-corrected chi connectivity index (χ2v) is 11.7. The molecule has 0 aliphatic heterocycles. The molecule has 0 bridgehead atoms. The van der Waals surface area contributed by atoms with Gasteiger partial charge in [-0.3, -0.25) is 19.2 Å². The SMILES string of the molecule is CCCCCCCCOC(=O)CC(COC(=O)CCCCCCCC)CC(=O)OCC(C)CCC(C)COC(C)=O. The molecule has 8 nitrogen and oxygen atoms in total. The van der Waals surface area contributed by atoms with Gasteiger partial charge in [-0.1, -0.05) is 91.9 Å². The van der Waals surface area contributed by atoms with Gasteiger partial charge in [-0.25, -0.2) is 0 Å². The van der Waals surface area contributed by atoms with Crippen LogP contribution in [-0.4, -0.2) is 50.3 Å². The fourth-order valence-corrected chi connectivity index (χ4v) is 4.41. The van der Waals surface area contributed by atoms with E-state index in [2.05, 4.69) is 13.8 Å². The number of carbonyl (C=O) groups excluding carboxylic acids is 4. The van der Waals surface area contributed by atoms with Gasteiger partial charge in [-0.05, 0) is 37.5 Å². The van der Waals surface area contributed by atoms with Crippen molar-refractivity contribution in [3.05, 3.63) is 0 Å². The second-order valence-electron chi connectivity index (χ2n) is 11.7. The largest absolute Gasteiger partial charge is 0.466 e. The first kappa shape index (κ1) is 38.9. The summed E-state index contributed by atoms with van der Waals surface area (Å²) in [4.78, 5) is 48.3. The third-order valence-electron chi connectivity index (χ3n) is 7.14. The predicted octanol–water partition coefficient (Wildman–Crippen LogP) is 7.74. The summed E-state index contributed by atoms with van der Waals surface area (Å²) in [6.07, 6.45) is 15.1. The molecule has 3 atom stereocenters. The number of hydrogen-bond donors (Lipinski definition) is 0. The van der Waals surface area contributed by atoms with Crippen LogP contribution in [-0.2, 0) is 38.1 Å². The lowest BCUT2D eigenvalue weighted by molar-refractivity contribution is -0.154. The third kappa shape index (κ3) is 26.5. The number of esters is 4. The lowest BCUT2D eigenvalue weighted by Crippen LogP contribution is -2.23. The van der Waals surface area contributed by atoms with Gasteiger partial charge in [0.05, 0.1) is 39.3 Å². The second kappa shape index (κ2) is 26.8. The predicted molar refractivity (Wildman–Crippen MR) is 161 cm³/mol. The van der Waals surface area contributed by atoms with Crippen molar-refractivity contribution in [2.45, 2.75) is 144 Å². The summed E-state index contributed by atoms with van der Waals surface area (Å²) in [7, 11) is 0. The molecule has 0 spiro atoms. The Morgan fingerprint density at radius 3 is 1.56 bits per heavy atom. The topological polar surface area (TPSA) is 105 Å². The number of ether oxygens (including phenoxy) is 4. The first-order valence-electron chi connectivity index (χ1n) is 16.3. The van der Waals surface area contributed by atoms with E-state index >= 15 is 0 Å². The van der Waals surface area contributed by atoms with Crippen molar-refractivity contribution in [3.63, 3.8) is 0 Å². The Morgan fingerprint density at radius 1 is 0.537 bits per heavy atom. The van der Waals surface area contributed by atoms with E-state index in [9.17, 15) is 19.2 Å². The minimum absolute atomic E-state index is 0.000890. The summed E-state index contributed by atoms with van der Waals surface area (Å²) in [5.41, 5.74) is 0. The van der Waals surface area contributed by atoms with Crippen molar-refractivity contribution >= 4 is 23.9 Å². The van der Waals surface area contributed by atoms with E-state index in [4.69, 9.17) is 18.9 Å². The molecule has 0 fully saturated rings. The van der Waals surface area contributed by atoms with E-state index < -0.39 is 11.9 Å². The first-order chi connectivity index (χ1) is 19.7. The molecule has 240 valence electrons. The van der Waals surface area contributed by atoms with Gasteiger partial charge in [0.1, 0.15) is 0 Å². The maximum atomic E-state index is 12.6. The molecule has 0 aromatic carbocycles. The molecule has 0 aliphatic carbocycles. The van der Waals surface area contributed by atoms with Gasteiger partial charge >= 0.3 is 23.9 Å². The monoisotopic (exact) mass is 584 g/mol. The van der Waals surface area contributed by atoms with Gasteiger partial charge < -0.3 is 18.9 Å². The molecular formula is C33H60O8. The van der Waals surface area contributed by atoms with Crippen LogP contribution in [0.4, 0.5) is 0 Å². The van der Waals surface area contributed by atoms with Crippen LogP contribution >= 0.6 is 0 Å². The van der Waals surface area contributed by atoms with E-state index in [1.54, 1.807) is 0 Å². The molecule has 0 aromatic heterocycles. The number of carbonyl (C=O) groups is 4. The molecule has 0 saturated carbocycles. The molecule has 0 amide bonds. The molecule has 0 heterocycles. The lowest BCUT2D eigenvalue weighted by atomic mass is 9.99. The van der Waals surface area contributed by atoms with E-state index in [0.29, 0.717) is 19.6 Å². The standard InChI is InChI=1S/C33H60O8/c1-6-8-10-12-14-16-18-31(35)41-26-30(22-32(36)38-21-17-15-13-11-9-7-2)23-33(37)40-25-28(4)20-19-27(3)24-39-29(5)34/h27-28,30H,6-26H2,1-5H3. The summed E-state index contributed by atoms with van der Waals surface area (Å²) in [5.74, 6) is -1.47. The third-order valence-corrected chi connectivity index (χ3v) is 7.14. The molecule has 8 heteroatoms. The van der Waals surface area contributed by atoms with Gasteiger partial charge in [-0.15, -0.1) is 0 Å². The smallest absolute Gasteiger partial charge is 0.306 e. The quantitative estimate of drug-likeness (QED) is 0.0548. The summed E-state index contributed by atoms with van der Waals surface area (Å²) < 4.78 is 21.4. The maximum absolute atomic E-state index is 12.6. The Morgan fingerprint density at radius 2 is 1.00 bits per heavy atom. The molecule has 0 saturated heterocycles. The minimum atomic E-state index is -0.480. The highest BCUT2D eigenvalue weighted by molar-refractivity contribution is 5.73. The molecule has 0 aliphatic rings. The zero-order chi connectivity index (χ0) is 30.7. The molecule has 0 radical (unpaired) electrons. The van der Waals surface area contributed by atoms with Crippen LogP contribution in [0, 0.1) is 17.8 Å². The van der Waals surface area contributed by atoms with Gasteiger partial charge in [0.15, 0.2) is 0 Å². The number of rotatable bonds is 27. The maximum Gasteiger partial charge on any atom is 0.306 e. The highest BCUT2D eigenvalue weighted by Crippen LogP contribution is 2.17. The summed E-state index contributed by atoms with van der Waals surface area (Å²) >= 11 is 0. The van der Waals surface area contributed by atoms with Crippen molar-refractivity contribution in [3.8, 4) is 0 Å². The molecule has 3 unspecified atom stereocenters. The van der Waals surface area contributed by atoms with Crippen molar-refractivity contribution in [1.29, 1.82) is 0 Å². The fraction of sp³-hybridized carbons (Fsp3) is 0.879. The molecule has 41 heavy (non-hydrogen) atoms.